The Bertz CT molecular complexity index is 335. The highest BCUT2D eigenvalue weighted by atomic mass is 15.2. The molecule has 0 amide bonds. The van der Waals surface area contributed by atoms with E-state index in [0.717, 1.165) is 18.4 Å². The first-order valence-corrected chi connectivity index (χ1v) is 5.69. The van der Waals surface area contributed by atoms with E-state index in [1.54, 1.807) is 0 Å². The number of hydrogen-bond acceptors (Lipinski definition) is 2. The van der Waals surface area contributed by atoms with Crippen molar-refractivity contribution < 1.29 is 0 Å². The summed E-state index contributed by atoms with van der Waals surface area (Å²) in [6, 6.07) is 0. The van der Waals surface area contributed by atoms with E-state index < -0.39 is 0 Å². The summed E-state index contributed by atoms with van der Waals surface area (Å²) < 4.78 is 1.89. The minimum Gasteiger partial charge on any atom is -0.312 e. The zero-order valence-electron chi connectivity index (χ0n) is 10.1. The summed E-state index contributed by atoms with van der Waals surface area (Å²) >= 11 is 0. The number of nitrogens with zero attached hydrogens (tertiary/aromatic N) is 2. The van der Waals surface area contributed by atoms with Gasteiger partial charge in [0.15, 0.2) is 0 Å². The quantitative estimate of drug-likeness (QED) is 0.820. The van der Waals surface area contributed by atoms with Gasteiger partial charge < -0.3 is 5.32 Å². The highest BCUT2D eigenvalue weighted by molar-refractivity contribution is 5.20. The fourth-order valence-electron chi connectivity index (χ4n) is 1.95. The van der Waals surface area contributed by atoms with Crippen molar-refractivity contribution in [2.45, 2.75) is 38.6 Å². The molecule has 2 unspecified atom stereocenters. The lowest BCUT2D eigenvalue weighted by Crippen LogP contribution is -2.37. The second-order valence-corrected chi connectivity index (χ2v) is 5.68. The maximum absolute atomic E-state index is 4.22. The van der Waals surface area contributed by atoms with Crippen LogP contribution in [0.15, 0.2) is 12.4 Å². The van der Waals surface area contributed by atoms with E-state index >= 15 is 0 Å². The van der Waals surface area contributed by atoms with E-state index in [-0.39, 0.29) is 5.54 Å². The molecular weight excluding hydrogens is 186 g/mol. The Balaban J connectivity index is 1.81. The summed E-state index contributed by atoms with van der Waals surface area (Å²) in [5, 5.41) is 7.78. The summed E-state index contributed by atoms with van der Waals surface area (Å²) in [7, 11) is 1.98. The Morgan fingerprint density at radius 3 is 2.80 bits per heavy atom. The Labute approximate surface area is 91.9 Å². The van der Waals surface area contributed by atoms with Crippen LogP contribution in [0, 0.1) is 5.92 Å². The van der Waals surface area contributed by atoms with Gasteiger partial charge >= 0.3 is 0 Å². The molecule has 1 N–H and O–H groups in total. The molecule has 84 valence electrons. The molecule has 15 heavy (non-hydrogen) atoms. The van der Waals surface area contributed by atoms with E-state index in [4.69, 9.17) is 0 Å². The van der Waals surface area contributed by atoms with Crippen LogP contribution in [0.3, 0.4) is 0 Å². The molecule has 1 saturated carbocycles. The van der Waals surface area contributed by atoms with Crippen LogP contribution in [0.25, 0.3) is 0 Å². The van der Waals surface area contributed by atoms with Gasteiger partial charge in [0.05, 0.1) is 6.20 Å². The minimum absolute atomic E-state index is 0.238. The Morgan fingerprint density at radius 1 is 1.53 bits per heavy atom. The lowest BCUT2D eigenvalue weighted by molar-refractivity contribution is 0.414. The van der Waals surface area contributed by atoms with Crippen molar-refractivity contribution >= 4 is 0 Å². The highest BCUT2D eigenvalue weighted by Gasteiger charge is 2.39. The summed E-state index contributed by atoms with van der Waals surface area (Å²) in [6.07, 6.45) is 5.46. The molecule has 1 fully saturated rings. The van der Waals surface area contributed by atoms with Crippen molar-refractivity contribution in [2.24, 2.45) is 13.0 Å². The Hall–Kier alpha value is -0.830. The maximum Gasteiger partial charge on any atom is 0.0524 e. The van der Waals surface area contributed by atoms with Crippen LogP contribution in [-0.4, -0.2) is 21.9 Å². The van der Waals surface area contributed by atoms with Crippen molar-refractivity contribution in [3.63, 3.8) is 0 Å². The van der Waals surface area contributed by atoms with Gasteiger partial charge in [0, 0.05) is 18.8 Å². The predicted molar refractivity (Wildman–Crippen MR) is 61.8 cm³/mol. The van der Waals surface area contributed by atoms with E-state index in [9.17, 15) is 0 Å². The van der Waals surface area contributed by atoms with Gasteiger partial charge in [-0.3, -0.25) is 4.68 Å². The number of nitrogens with one attached hydrogen (secondary N) is 1. The number of hydrogen-bond donors (Lipinski definition) is 1. The van der Waals surface area contributed by atoms with Crippen LogP contribution in [-0.2, 0) is 7.05 Å². The smallest absolute Gasteiger partial charge is 0.0524 e. The first kappa shape index (κ1) is 10.7. The molecule has 1 heterocycles. The fraction of sp³-hybridized carbons (Fsp3) is 0.750. The van der Waals surface area contributed by atoms with Crippen molar-refractivity contribution in [1.29, 1.82) is 0 Å². The van der Waals surface area contributed by atoms with Crippen LogP contribution in [0.4, 0.5) is 0 Å². The van der Waals surface area contributed by atoms with Gasteiger partial charge in [0.2, 0.25) is 0 Å². The van der Waals surface area contributed by atoms with Crippen molar-refractivity contribution in [1.82, 2.24) is 15.1 Å². The molecule has 0 saturated heterocycles. The molecule has 0 aromatic carbocycles. The summed E-state index contributed by atoms with van der Waals surface area (Å²) in [5.74, 6) is 1.56. The first-order chi connectivity index (χ1) is 6.96. The number of rotatable bonds is 3. The molecule has 0 aliphatic heterocycles. The lowest BCUT2D eigenvalue weighted by atomic mass is 10.1. The molecule has 3 heteroatoms. The van der Waals surface area contributed by atoms with Crippen molar-refractivity contribution in [2.75, 3.05) is 6.54 Å². The first-order valence-electron chi connectivity index (χ1n) is 5.69. The van der Waals surface area contributed by atoms with Crippen LogP contribution < -0.4 is 5.32 Å². The summed E-state index contributed by atoms with van der Waals surface area (Å²) in [6.45, 7) is 7.78. The average Bonchev–Trinajstić information content (AvgIpc) is 2.77. The second kappa shape index (κ2) is 3.63. The fourth-order valence-corrected chi connectivity index (χ4v) is 1.95. The maximum atomic E-state index is 4.22. The van der Waals surface area contributed by atoms with Gasteiger partial charge in [-0.2, -0.15) is 5.10 Å². The molecule has 1 aliphatic carbocycles. The third kappa shape index (κ3) is 2.81. The second-order valence-electron chi connectivity index (χ2n) is 5.68. The molecule has 1 aromatic heterocycles. The molecule has 2 rings (SSSR count). The highest BCUT2D eigenvalue weighted by Crippen LogP contribution is 2.46. The van der Waals surface area contributed by atoms with Crippen molar-refractivity contribution in [3.05, 3.63) is 18.0 Å². The van der Waals surface area contributed by atoms with Gasteiger partial charge in [0.1, 0.15) is 0 Å². The number of aromatic nitrogens is 2. The molecule has 2 atom stereocenters. The van der Waals surface area contributed by atoms with Crippen LogP contribution in [0.1, 0.15) is 38.7 Å². The van der Waals surface area contributed by atoms with Gasteiger partial charge in [-0.15, -0.1) is 0 Å². The third-order valence-corrected chi connectivity index (χ3v) is 2.97. The summed E-state index contributed by atoms with van der Waals surface area (Å²) in [4.78, 5) is 0. The lowest BCUT2D eigenvalue weighted by Gasteiger charge is -2.20. The topological polar surface area (TPSA) is 29.9 Å². The zero-order valence-corrected chi connectivity index (χ0v) is 10.1. The SMILES string of the molecule is Cn1cc(C2CC2CNC(C)(C)C)cn1. The van der Waals surface area contributed by atoms with E-state index in [1.807, 2.05) is 17.9 Å². The molecule has 0 radical (unpaired) electrons. The molecule has 0 bridgehead atoms. The summed E-state index contributed by atoms with van der Waals surface area (Å²) in [5.41, 5.74) is 1.64. The van der Waals surface area contributed by atoms with E-state index in [0.29, 0.717) is 0 Å². The van der Waals surface area contributed by atoms with Gasteiger partial charge in [0.25, 0.3) is 0 Å². The third-order valence-electron chi connectivity index (χ3n) is 2.97. The van der Waals surface area contributed by atoms with Gasteiger partial charge in [-0.25, -0.2) is 0 Å². The Morgan fingerprint density at radius 2 is 2.27 bits per heavy atom. The van der Waals surface area contributed by atoms with Crippen LogP contribution >= 0.6 is 0 Å². The standard InChI is InChI=1S/C12H21N3/c1-12(2,3)13-6-9-5-11(9)10-7-14-15(4)8-10/h7-9,11,13H,5-6H2,1-4H3. The Kier molecular flexibility index (Phi) is 2.59. The van der Waals surface area contributed by atoms with Gasteiger partial charge in [-0.05, 0) is 51.1 Å². The van der Waals surface area contributed by atoms with Crippen LogP contribution in [0.5, 0.6) is 0 Å². The molecule has 3 nitrogen and oxygen atoms in total. The number of aryl methyl sites for hydroxylation is 1. The molecular formula is C12H21N3. The van der Waals surface area contributed by atoms with E-state index in [2.05, 4.69) is 37.4 Å². The molecule has 1 aromatic rings. The predicted octanol–water partition coefficient (Wildman–Crippen LogP) is 1.91. The normalized spacial score (nSPS) is 25.6. The monoisotopic (exact) mass is 207 g/mol. The molecule has 0 spiro atoms. The van der Waals surface area contributed by atoms with E-state index in [1.165, 1.54) is 12.0 Å². The molecule has 1 aliphatic rings. The average molecular weight is 207 g/mol. The minimum atomic E-state index is 0.238. The largest absolute Gasteiger partial charge is 0.312 e. The van der Waals surface area contributed by atoms with Crippen molar-refractivity contribution in [3.8, 4) is 0 Å². The van der Waals surface area contributed by atoms with Crippen LogP contribution in [0.2, 0.25) is 0 Å². The van der Waals surface area contributed by atoms with Gasteiger partial charge in [-0.1, -0.05) is 0 Å². The zero-order chi connectivity index (χ0) is 11.1.